The summed E-state index contributed by atoms with van der Waals surface area (Å²) in [6.45, 7) is 2.83. The SMILES string of the molecule is C[C@@H]1C[C@@H]1C(=O)NCCc1ccc(-n2cccn2)cc1. The summed E-state index contributed by atoms with van der Waals surface area (Å²) in [4.78, 5) is 11.7. The lowest BCUT2D eigenvalue weighted by molar-refractivity contribution is -0.122. The fraction of sp³-hybridized carbons (Fsp3) is 0.375. The Morgan fingerprint density at radius 2 is 2.15 bits per heavy atom. The van der Waals surface area contributed by atoms with E-state index in [9.17, 15) is 4.79 Å². The third kappa shape index (κ3) is 2.90. The number of benzene rings is 1. The van der Waals surface area contributed by atoms with Crippen molar-refractivity contribution in [2.75, 3.05) is 6.54 Å². The molecule has 3 rings (SSSR count). The van der Waals surface area contributed by atoms with Crippen molar-refractivity contribution in [1.29, 1.82) is 0 Å². The van der Waals surface area contributed by atoms with Crippen LogP contribution in [0.5, 0.6) is 0 Å². The zero-order chi connectivity index (χ0) is 13.9. The molecule has 2 atom stereocenters. The Balaban J connectivity index is 1.50. The van der Waals surface area contributed by atoms with E-state index in [0.29, 0.717) is 12.5 Å². The Hall–Kier alpha value is -2.10. The number of nitrogens with one attached hydrogen (secondary N) is 1. The zero-order valence-corrected chi connectivity index (χ0v) is 11.6. The normalized spacial score (nSPS) is 20.6. The molecule has 2 aromatic rings. The largest absolute Gasteiger partial charge is 0.356 e. The van der Waals surface area contributed by atoms with E-state index in [-0.39, 0.29) is 11.8 Å². The minimum Gasteiger partial charge on any atom is -0.356 e. The molecule has 1 aromatic carbocycles. The van der Waals surface area contributed by atoms with Crippen LogP contribution in [0.1, 0.15) is 18.9 Å². The first kappa shape index (κ1) is 12.9. The highest BCUT2D eigenvalue weighted by Crippen LogP contribution is 2.37. The lowest BCUT2D eigenvalue weighted by Gasteiger charge is -2.06. The van der Waals surface area contributed by atoms with Crippen molar-refractivity contribution >= 4 is 5.91 Å². The summed E-state index contributed by atoms with van der Waals surface area (Å²) in [5.41, 5.74) is 2.28. The zero-order valence-electron chi connectivity index (χ0n) is 11.6. The van der Waals surface area contributed by atoms with Gasteiger partial charge in [-0.05, 0) is 42.5 Å². The molecule has 1 aliphatic rings. The molecule has 1 saturated carbocycles. The van der Waals surface area contributed by atoms with Crippen LogP contribution in [0.4, 0.5) is 0 Å². The second-order valence-corrected chi connectivity index (χ2v) is 5.48. The third-order valence-corrected chi connectivity index (χ3v) is 3.86. The molecular weight excluding hydrogens is 250 g/mol. The van der Waals surface area contributed by atoms with Gasteiger partial charge in [0.25, 0.3) is 0 Å². The fourth-order valence-corrected chi connectivity index (χ4v) is 2.39. The topological polar surface area (TPSA) is 46.9 Å². The van der Waals surface area contributed by atoms with Crippen molar-refractivity contribution in [2.45, 2.75) is 19.8 Å². The van der Waals surface area contributed by atoms with Crippen molar-refractivity contribution in [1.82, 2.24) is 15.1 Å². The fourth-order valence-electron chi connectivity index (χ4n) is 2.39. The van der Waals surface area contributed by atoms with Crippen LogP contribution in [-0.2, 0) is 11.2 Å². The molecule has 0 unspecified atom stereocenters. The smallest absolute Gasteiger partial charge is 0.223 e. The summed E-state index contributed by atoms with van der Waals surface area (Å²) in [7, 11) is 0. The van der Waals surface area contributed by atoms with Crippen molar-refractivity contribution in [3.63, 3.8) is 0 Å². The molecule has 4 heteroatoms. The molecule has 0 saturated heterocycles. The van der Waals surface area contributed by atoms with E-state index in [4.69, 9.17) is 0 Å². The molecule has 0 bridgehead atoms. The van der Waals surface area contributed by atoms with Gasteiger partial charge in [-0.3, -0.25) is 4.79 Å². The number of hydrogen-bond acceptors (Lipinski definition) is 2. The van der Waals surface area contributed by atoms with E-state index < -0.39 is 0 Å². The number of carbonyl (C=O) groups excluding carboxylic acids is 1. The molecule has 1 aliphatic carbocycles. The first-order valence-corrected chi connectivity index (χ1v) is 7.11. The first-order valence-electron chi connectivity index (χ1n) is 7.11. The van der Waals surface area contributed by atoms with Crippen LogP contribution in [0.15, 0.2) is 42.7 Å². The summed E-state index contributed by atoms with van der Waals surface area (Å²) in [6, 6.07) is 10.2. The molecule has 1 amide bonds. The molecule has 0 radical (unpaired) electrons. The van der Waals surface area contributed by atoms with Gasteiger partial charge in [0.2, 0.25) is 5.91 Å². The highest BCUT2D eigenvalue weighted by molar-refractivity contribution is 5.81. The Bertz CT molecular complexity index is 574. The summed E-state index contributed by atoms with van der Waals surface area (Å²) in [5.74, 6) is 1.05. The molecule has 4 nitrogen and oxygen atoms in total. The number of aromatic nitrogens is 2. The maximum atomic E-state index is 11.7. The van der Waals surface area contributed by atoms with Crippen molar-refractivity contribution in [2.24, 2.45) is 11.8 Å². The molecule has 20 heavy (non-hydrogen) atoms. The van der Waals surface area contributed by atoms with Gasteiger partial charge in [-0.25, -0.2) is 4.68 Å². The van der Waals surface area contributed by atoms with E-state index in [1.807, 2.05) is 29.1 Å². The van der Waals surface area contributed by atoms with Gasteiger partial charge in [0, 0.05) is 24.9 Å². The second kappa shape index (κ2) is 5.49. The maximum absolute atomic E-state index is 11.7. The standard InChI is InChI=1S/C16H19N3O/c1-12-11-15(12)16(20)17-9-7-13-3-5-14(6-4-13)19-10-2-8-18-19/h2-6,8,10,12,15H,7,9,11H2,1H3,(H,17,20)/t12-,15+/m1/s1. The third-order valence-electron chi connectivity index (χ3n) is 3.86. The van der Waals surface area contributed by atoms with Crippen LogP contribution in [0.25, 0.3) is 5.69 Å². The Labute approximate surface area is 118 Å². The van der Waals surface area contributed by atoms with Gasteiger partial charge in [-0.2, -0.15) is 5.10 Å². The van der Waals surface area contributed by atoms with Gasteiger partial charge in [0.1, 0.15) is 0 Å². The van der Waals surface area contributed by atoms with Gasteiger partial charge in [0.05, 0.1) is 5.69 Å². The van der Waals surface area contributed by atoms with E-state index in [1.165, 1.54) is 5.56 Å². The molecule has 1 N–H and O–H groups in total. The molecule has 1 fully saturated rings. The van der Waals surface area contributed by atoms with Crippen LogP contribution < -0.4 is 5.32 Å². The molecule has 1 aromatic heterocycles. The quantitative estimate of drug-likeness (QED) is 0.904. The molecular formula is C16H19N3O. The van der Waals surface area contributed by atoms with E-state index in [0.717, 1.165) is 18.5 Å². The van der Waals surface area contributed by atoms with E-state index in [1.54, 1.807) is 6.20 Å². The number of hydrogen-bond donors (Lipinski definition) is 1. The molecule has 0 spiro atoms. The monoisotopic (exact) mass is 269 g/mol. The van der Waals surface area contributed by atoms with Gasteiger partial charge < -0.3 is 5.32 Å². The summed E-state index contributed by atoms with van der Waals surface area (Å²) in [5, 5.41) is 7.20. The highest BCUT2D eigenvalue weighted by atomic mass is 16.2. The van der Waals surface area contributed by atoms with Crippen molar-refractivity contribution < 1.29 is 4.79 Å². The lowest BCUT2D eigenvalue weighted by Crippen LogP contribution is -2.27. The number of nitrogens with zero attached hydrogens (tertiary/aromatic N) is 2. The van der Waals surface area contributed by atoms with Crippen LogP contribution in [-0.4, -0.2) is 22.2 Å². The minimum atomic E-state index is 0.214. The van der Waals surface area contributed by atoms with Crippen LogP contribution in [0.3, 0.4) is 0 Å². The predicted octanol–water partition coefficient (Wildman–Crippen LogP) is 2.19. The van der Waals surface area contributed by atoms with E-state index >= 15 is 0 Å². The second-order valence-electron chi connectivity index (χ2n) is 5.48. The van der Waals surface area contributed by atoms with Gasteiger partial charge in [-0.15, -0.1) is 0 Å². The van der Waals surface area contributed by atoms with Crippen molar-refractivity contribution in [3.05, 3.63) is 48.3 Å². The number of carbonyl (C=O) groups is 1. The summed E-state index contributed by atoms with van der Waals surface area (Å²) in [6.07, 6.45) is 5.60. The van der Waals surface area contributed by atoms with Crippen LogP contribution >= 0.6 is 0 Å². The summed E-state index contributed by atoms with van der Waals surface area (Å²) >= 11 is 0. The molecule has 1 heterocycles. The van der Waals surface area contributed by atoms with Crippen molar-refractivity contribution in [3.8, 4) is 5.69 Å². The Morgan fingerprint density at radius 1 is 1.40 bits per heavy atom. The van der Waals surface area contributed by atoms with E-state index in [2.05, 4.69) is 29.5 Å². The average Bonchev–Trinajstić information content (AvgIpc) is 2.97. The minimum absolute atomic E-state index is 0.214. The number of rotatable bonds is 5. The Kier molecular flexibility index (Phi) is 3.54. The predicted molar refractivity (Wildman–Crippen MR) is 77.5 cm³/mol. The lowest BCUT2D eigenvalue weighted by atomic mass is 10.1. The highest BCUT2D eigenvalue weighted by Gasteiger charge is 2.38. The van der Waals surface area contributed by atoms with Gasteiger partial charge in [0.15, 0.2) is 0 Å². The van der Waals surface area contributed by atoms with Gasteiger partial charge in [-0.1, -0.05) is 19.1 Å². The average molecular weight is 269 g/mol. The molecule has 104 valence electrons. The molecule has 0 aliphatic heterocycles. The maximum Gasteiger partial charge on any atom is 0.223 e. The number of amides is 1. The van der Waals surface area contributed by atoms with Crippen LogP contribution in [0.2, 0.25) is 0 Å². The first-order chi connectivity index (χ1) is 9.74. The van der Waals surface area contributed by atoms with Gasteiger partial charge >= 0.3 is 0 Å². The summed E-state index contributed by atoms with van der Waals surface area (Å²) < 4.78 is 1.83. The van der Waals surface area contributed by atoms with Crippen LogP contribution in [0, 0.1) is 11.8 Å². The Morgan fingerprint density at radius 3 is 2.75 bits per heavy atom.